The highest BCUT2D eigenvalue weighted by atomic mass is 35.5. The second kappa shape index (κ2) is 6.47. The van der Waals surface area contributed by atoms with E-state index >= 15 is 0 Å². The number of H-pyrrole nitrogens is 1. The number of aromatic amines is 1. The standard InChI is InChI=1S/C15H12ClN3S2/c16-11-6-8-13(9-7-11)21-10-14-17-18-15(20)19(14)12-4-2-1-3-5-12/h1-9H,10H2,(H,18,20). The van der Waals surface area contributed by atoms with Gasteiger partial charge in [0.2, 0.25) is 0 Å². The lowest BCUT2D eigenvalue weighted by molar-refractivity contribution is 0.949. The van der Waals surface area contributed by atoms with Gasteiger partial charge in [-0.15, -0.1) is 11.8 Å². The highest BCUT2D eigenvalue weighted by Gasteiger charge is 2.08. The zero-order valence-electron chi connectivity index (χ0n) is 11.0. The van der Waals surface area contributed by atoms with E-state index in [0.717, 1.165) is 27.2 Å². The number of hydrogen-bond acceptors (Lipinski definition) is 3. The Kier molecular flexibility index (Phi) is 4.43. The molecule has 0 aliphatic rings. The molecule has 0 aliphatic carbocycles. The summed E-state index contributed by atoms with van der Waals surface area (Å²) in [5.74, 6) is 1.62. The highest BCUT2D eigenvalue weighted by Crippen LogP contribution is 2.24. The van der Waals surface area contributed by atoms with E-state index in [1.807, 2.05) is 59.2 Å². The van der Waals surface area contributed by atoms with Gasteiger partial charge in [0.1, 0.15) is 5.82 Å². The summed E-state index contributed by atoms with van der Waals surface area (Å²) in [5, 5.41) is 7.93. The summed E-state index contributed by atoms with van der Waals surface area (Å²) in [6, 6.07) is 17.8. The van der Waals surface area contributed by atoms with Crippen LogP contribution in [0.5, 0.6) is 0 Å². The highest BCUT2D eigenvalue weighted by molar-refractivity contribution is 7.98. The van der Waals surface area contributed by atoms with Crippen LogP contribution in [-0.2, 0) is 5.75 Å². The van der Waals surface area contributed by atoms with Crippen LogP contribution in [0, 0.1) is 4.77 Å². The lowest BCUT2D eigenvalue weighted by atomic mass is 10.3. The summed E-state index contributed by atoms with van der Waals surface area (Å²) in [7, 11) is 0. The Morgan fingerprint density at radius 3 is 2.52 bits per heavy atom. The van der Waals surface area contributed by atoms with Crippen LogP contribution in [0.15, 0.2) is 59.5 Å². The van der Waals surface area contributed by atoms with Crippen LogP contribution >= 0.6 is 35.6 Å². The maximum atomic E-state index is 5.89. The molecule has 106 valence electrons. The van der Waals surface area contributed by atoms with E-state index in [1.165, 1.54) is 0 Å². The van der Waals surface area contributed by atoms with Crippen molar-refractivity contribution in [1.82, 2.24) is 14.8 Å². The van der Waals surface area contributed by atoms with Gasteiger partial charge in [-0.05, 0) is 48.6 Å². The third kappa shape index (κ3) is 3.37. The molecule has 0 radical (unpaired) electrons. The first-order chi connectivity index (χ1) is 10.2. The molecule has 3 nitrogen and oxygen atoms in total. The fourth-order valence-corrected chi connectivity index (χ4v) is 3.15. The lowest BCUT2D eigenvalue weighted by Crippen LogP contribution is -1.99. The Balaban J connectivity index is 1.84. The van der Waals surface area contributed by atoms with E-state index in [1.54, 1.807) is 11.8 Å². The minimum Gasteiger partial charge on any atom is -0.271 e. The van der Waals surface area contributed by atoms with Crippen LogP contribution < -0.4 is 0 Å². The van der Waals surface area contributed by atoms with Crippen molar-refractivity contribution in [2.24, 2.45) is 0 Å². The summed E-state index contributed by atoms with van der Waals surface area (Å²) in [6.07, 6.45) is 0. The molecule has 1 N–H and O–H groups in total. The van der Waals surface area contributed by atoms with Crippen molar-refractivity contribution in [2.75, 3.05) is 0 Å². The van der Waals surface area contributed by atoms with E-state index < -0.39 is 0 Å². The third-order valence-electron chi connectivity index (χ3n) is 2.94. The SMILES string of the molecule is S=c1[nH]nc(CSc2ccc(Cl)cc2)n1-c1ccccc1. The number of aromatic nitrogens is 3. The van der Waals surface area contributed by atoms with Gasteiger partial charge in [0.25, 0.3) is 0 Å². The number of para-hydroxylation sites is 1. The molecule has 0 saturated heterocycles. The molecule has 0 aliphatic heterocycles. The Labute approximate surface area is 137 Å². The van der Waals surface area contributed by atoms with Crippen molar-refractivity contribution in [1.29, 1.82) is 0 Å². The number of nitrogens with one attached hydrogen (secondary N) is 1. The van der Waals surface area contributed by atoms with Crippen LogP contribution in [0.4, 0.5) is 0 Å². The van der Waals surface area contributed by atoms with Crippen LogP contribution in [0.3, 0.4) is 0 Å². The molecular weight excluding hydrogens is 322 g/mol. The summed E-state index contributed by atoms with van der Waals surface area (Å²) in [4.78, 5) is 1.15. The summed E-state index contributed by atoms with van der Waals surface area (Å²) in [6.45, 7) is 0. The molecule has 0 spiro atoms. The molecule has 2 aromatic carbocycles. The molecule has 0 bridgehead atoms. The van der Waals surface area contributed by atoms with Gasteiger partial charge in [-0.25, -0.2) is 0 Å². The number of hydrogen-bond donors (Lipinski definition) is 1. The molecular formula is C15H12ClN3S2. The van der Waals surface area contributed by atoms with E-state index in [0.29, 0.717) is 4.77 Å². The number of benzene rings is 2. The number of halogens is 1. The Bertz CT molecular complexity index is 779. The largest absolute Gasteiger partial charge is 0.271 e. The van der Waals surface area contributed by atoms with E-state index in [9.17, 15) is 0 Å². The van der Waals surface area contributed by atoms with E-state index in [-0.39, 0.29) is 0 Å². The van der Waals surface area contributed by atoms with Crippen molar-refractivity contribution in [3.8, 4) is 5.69 Å². The zero-order valence-corrected chi connectivity index (χ0v) is 13.4. The molecule has 6 heteroatoms. The fourth-order valence-electron chi connectivity index (χ4n) is 1.95. The van der Waals surface area contributed by atoms with Crippen LogP contribution in [0.1, 0.15) is 5.82 Å². The topological polar surface area (TPSA) is 33.6 Å². The Hall–Kier alpha value is -1.56. The normalized spacial score (nSPS) is 10.7. The van der Waals surface area contributed by atoms with Crippen LogP contribution in [-0.4, -0.2) is 14.8 Å². The van der Waals surface area contributed by atoms with Crippen molar-refractivity contribution >= 4 is 35.6 Å². The summed E-state index contributed by atoms with van der Waals surface area (Å²) >= 11 is 12.9. The minimum absolute atomic E-state index is 0.605. The van der Waals surface area contributed by atoms with Gasteiger partial charge >= 0.3 is 0 Å². The molecule has 0 atom stereocenters. The molecule has 1 heterocycles. The predicted molar refractivity (Wildman–Crippen MR) is 89.8 cm³/mol. The molecule has 21 heavy (non-hydrogen) atoms. The lowest BCUT2D eigenvalue weighted by Gasteiger charge is -2.06. The molecule has 0 amide bonds. The molecule has 0 fully saturated rings. The van der Waals surface area contributed by atoms with E-state index in [2.05, 4.69) is 10.2 Å². The summed E-state index contributed by atoms with van der Waals surface area (Å²) < 4.78 is 2.56. The van der Waals surface area contributed by atoms with Crippen molar-refractivity contribution in [3.05, 3.63) is 70.2 Å². The number of nitrogens with zero attached hydrogens (tertiary/aromatic N) is 2. The van der Waals surface area contributed by atoms with Crippen molar-refractivity contribution in [2.45, 2.75) is 10.6 Å². The monoisotopic (exact) mass is 333 g/mol. The fraction of sp³-hybridized carbons (Fsp3) is 0.0667. The average Bonchev–Trinajstić information content (AvgIpc) is 2.88. The van der Waals surface area contributed by atoms with Gasteiger partial charge in [-0.2, -0.15) is 5.10 Å². The second-order valence-electron chi connectivity index (χ2n) is 4.36. The number of rotatable bonds is 4. The smallest absolute Gasteiger partial charge is 0.199 e. The van der Waals surface area contributed by atoms with Crippen molar-refractivity contribution in [3.63, 3.8) is 0 Å². The van der Waals surface area contributed by atoms with Crippen LogP contribution in [0.25, 0.3) is 5.69 Å². The maximum Gasteiger partial charge on any atom is 0.199 e. The first-order valence-electron chi connectivity index (χ1n) is 6.34. The van der Waals surface area contributed by atoms with Gasteiger partial charge in [0, 0.05) is 15.6 Å². The molecule has 3 aromatic rings. The van der Waals surface area contributed by atoms with Gasteiger partial charge in [-0.3, -0.25) is 9.67 Å². The number of thioether (sulfide) groups is 1. The Morgan fingerprint density at radius 2 is 1.81 bits per heavy atom. The first kappa shape index (κ1) is 14.4. The minimum atomic E-state index is 0.605. The third-order valence-corrected chi connectivity index (χ3v) is 4.47. The first-order valence-corrected chi connectivity index (χ1v) is 8.11. The van der Waals surface area contributed by atoms with Gasteiger partial charge in [-0.1, -0.05) is 29.8 Å². The zero-order chi connectivity index (χ0) is 14.7. The molecule has 0 unspecified atom stereocenters. The maximum absolute atomic E-state index is 5.89. The molecule has 1 aromatic heterocycles. The van der Waals surface area contributed by atoms with Gasteiger partial charge < -0.3 is 0 Å². The molecule has 3 rings (SSSR count). The quantitative estimate of drug-likeness (QED) is 0.546. The predicted octanol–water partition coefficient (Wildman–Crippen LogP) is 4.88. The second-order valence-corrected chi connectivity index (χ2v) is 6.23. The van der Waals surface area contributed by atoms with Gasteiger partial charge in [0.15, 0.2) is 4.77 Å². The summed E-state index contributed by atoms with van der Waals surface area (Å²) in [5.41, 5.74) is 1.02. The Morgan fingerprint density at radius 1 is 1.10 bits per heavy atom. The molecule has 0 saturated carbocycles. The van der Waals surface area contributed by atoms with Crippen LogP contribution in [0.2, 0.25) is 5.02 Å². The van der Waals surface area contributed by atoms with Crippen molar-refractivity contribution < 1.29 is 0 Å². The van der Waals surface area contributed by atoms with Gasteiger partial charge in [0.05, 0.1) is 5.75 Å². The average molecular weight is 334 g/mol. The van der Waals surface area contributed by atoms with E-state index in [4.69, 9.17) is 23.8 Å².